The number of halogens is 3. The molecule has 0 aromatic heterocycles. The SMILES string of the molecule is C=CC(=O)OCc1ccc(N(c2ccc(C(C)(C)Cc3ccc(OC(F)(F)F)cc3)cc2)c2cccc(COC(=O)C=C)c2)cc1. The number of anilines is 3. The minimum absolute atomic E-state index is 0.0799. The first-order valence-corrected chi connectivity index (χ1v) is 14.4. The zero-order valence-electron chi connectivity index (χ0n) is 25.6. The van der Waals surface area contributed by atoms with Crippen LogP contribution in [0.2, 0.25) is 0 Å². The van der Waals surface area contributed by atoms with Crippen molar-refractivity contribution in [2.45, 2.75) is 45.3 Å². The third-order valence-corrected chi connectivity index (χ3v) is 7.17. The average molecular weight is 630 g/mol. The van der Waals surface area contributed by atoms with Gasteiger partial charge in [0.25, 0.3) is 0 Å². The maximum absolute atomic E-state index is 12.6. The van der Waals surface area contributed by atoms with E-state index in [0.717, 1.165) is 51.5 Å². The van der Waals surface area contributed by atoms with Gasteiger partial charge in [0.1, 0.15) is 19.0 Å². The number of hydrogen-bond acceptors (Lipinski definition) is 6. The molecule has 9 heteroatoms. The number of alkyl halides is 3. The van der Waals surface area contributed by atoms with Crippen molar-refractivity contribution in [3.8, 4) is 5.75 Å². The van der Waals surface area contributed by atoms with Crippen molar-refractivity contribution < 1.29 is 37.0 Å². The van der Waals surface area contributed by atoms with Crippen molar-refractivity contribution in [3.63, 3.8) is 0 Å². The van der Waals surface area contributed by atoms with Gasteiger partial charge in [0.15, 0.2) is 0 Å². The summed E-state index contributed by atoms with van der Waals surface area (Å²) in [5.41, 5.74) is 5.69. The Morgan fingerprint density at radius 3 is 1.76 bits per heavy atom. The second-order valence-corrected chi connectivity index (χ2v) is 11.1. The second-order valence-electron chi connectivity index (χ2n) is 11.1. The van der Waals surface area contributed by atoms with E-state index in [2.05, 4.69) is 36.6 Å². The van der Waals surface area contributed by atoms with E-state index >= 15 is 0 Å². The van der Waals surface area contributed by atoms with Crippen LogP contribution in [0.3, 0.4) is 0 Å². The molecule has 46 heavy (non-hydrogen) atoms. The highest BCUT2D eigenvalue weighted by atomic mass is 19.4. The zero-order valence-corrected chi connectivity index (χ0v) is 25.6. The summed E-state index contributed by atoms with van der Waals surface area (Å²) < 4.78 is 52.1. The Kier molecular flexibility index (Phi) is 10.7. The first kappa shape index (κ1) is 33.6. The lowest BCUT2D eigenvalue weighted by Gasteiger charge is -2.29. The normalized spacial score (nSPS) is 11.3. The first-order chi connectivity index (χ1) is 21.9. The highest BCUT2D eigenvalue weighted by Crippen LogP contribution is 2.37. The molecule has 0 heterocycles. The van der Waals surface area contributed by atoms with Gasteiger partial charge >= 0.3 is 18.3 Å². The summed E-state index contributed by atoms with van der Waals surface area (Å²) in [6, 6.07) is 29.2. The Labute approximate surface area is 266 Å². The molecule has 0 saturated heterocycles. The number of carbonyl (C=O) groups excluding carboxylic acids is 2. The molecule has 0 aliphatic rings. The molecule has 6 nitrogen and oxygen atoms in total. The number of rotatable bonds is 13. The molecule has 0 atom stereocenters. The van der Waals surface area contributed by atoms with Crippen LogP contribution in [0.25, 0.3) is 0 Å². The topological polar surface area (TPSA) is 65.1 Å². The van der Waals surface area contributed by atoms with Crippen molar-refractivity contribution in [1.29, 1.82) is 0 Å². The van der Waals surface area contributed by atoms with Crippen molar-refractivity contribution in [2.75, 3.05) is 4.90 Å². The summed E-state index contributed by atoms with van der Waals surface area (Å²) in [4.78, 5) is 25.2. The van der Waals surface area contributed by atoms with E-state index in [1.807, 2.05) is 72.8 Å². The molecule has 4 aromatic rings. The number of ether oxygens (including phenoxy) is 3. The van der Waals surface area contributed by atoms with E-state index in [4.69, 9.17) is 9.47 Å². The minimum atomic E-state index is -4.74. The number of hydrogen-bond donors (Lipinski definition) is 0. The lowest BCUT2D eigenvalue weighted by Crippen LogP contribution is -2.21. The van der Waals surface area contributed by atoms with Crippen LogP contribution in [0, 0.1) is 0 Å². The van der Waals surface area contributed by atoms with Crippen molar-refractivity contribution in [2.24, 2.45) is 0 Å². The van der Waals surface area contributed by atoms with Gasteiger partial charge in [-0.2, -0.15) is 0 Å². The van der Waals surface area contributed by atoms with Crippen LogP contribution >= 0.6 is 0 Å². The minimum Gasteiger partial charge on any atom is -0.458 e. The summed E-state index contributed by atoms with van der Waals surface area (Å²) >= 11 is 0. The first-order valence-electron chi connectivity index (χ1n) is 14.4. The van der Waals surface area contributed by atoms with E-state index in [0.29, 0.717) is 6.42 Å². The molecule has 238 valence electrons. The predicted molar refractivity (Wildman–Crippen MR) is 171 cm³/mol. The molecule has 0 amide bonds. The van der Waals surface area contributed by atoms with E-state index in [1.165, 1.54) is 12.1 Å². The summed E-state index contributed by atoms with van der Waals surface area (Å²) in [7, 11) is 0. The smallest absolute Gasteiger partial charge is 0.458 e. The standard InChI is InChI=1S/C37H34F3NO5/c1-5-34(42)44-24-27-10-16-30(17-11-27)41(32-9-7-8-28(22-32)25-45-35(43)6-2)31-18-14-29(15-19-31)36(3,4)23-26-12-20-33(21-13-26)46-37(38,39)40/h5-22H,1-2,23-25H2,3-4H3. The molecular formula is C37H34F3NO5. The average Bonchev–Trinajstić information content (AvgIpc) is 3.03. The van der Waals surface area contributed by atoms with Gasteiger partial charge in [-0.25, -0.2) is 9.59 Å². The summed E-state index contributed by atoms with van der Waals surface area (Å²) in [5, 5.41) is 0. The third-order valence-electron chi connectivity index (χ3n) is 7.17. The Bertz CT molecular complexity index is 1660. The molecule has 0 radical (unpaired) electrons. The third kappa shape index (κ3) is 9.34. The highest BCUT2D eigenvalue weighted by molar-refractivity contribution is 5.82. The fourth-order valence-electron chi connectivity index (χ4n) is 4.88. The monoisotopic (exact) mass is 629 g/mol. The molecule has 0 aliphatic heterocycles. The Morgan fingerprint density at radius 1 is 0.696 bits per heavy atom. The molecule has 4 aromatic carbocycles. The van der Waals surface area contributed by atoms with Crippen LogP contribution < -0.4 is 9.64 Å². The van der Waals surface area contributed by atoms with Crippen LogP contribution in [-0.4, -0.2) is 18.3 Å². The lowest BCUT2D eigenvalue weighted by atomic mass is 9.79. The van der Waals surface area contributed by atoms with E-state index in [1.54, 1.807) is 12.1 Å². The van der Waals surface area contributed by atoms with Crippen molar-refractivity contribution >= 4 is 29.0 Å². The van der Waals surface area contributed by atoms with Crippen LogP contribution in [0.5, 0.6) is 5.75 Å². The van der Waals surface area contributed by atoms with Gasteiger partial charge < -0.3 is 19.1 Å². The van der Waals surface area contributed by atoms with Gasteiger partial charge in [-0.05, 0) is 82.6 Å². The maximum atomic E-state index is 12.6. The largest absolute Gasteiger partial charge is 0.573 e. The van der Waals surface area contributed by atoms with Crippen LogP contribution in [0.4, 0.5) is 30.2 Å². The molecule has 0 aliphatic carbocycles. The van der Waals surface area contributed by atoms with Crippen molar-refractivity contribution in [1.82, 2.24) is 0 Å². The van der Waals surface area contributed by atoms with E-state index < -0.39 is 18.3 Å². The highest BCUT2D eigenvalue weighted by Gasteiger charge is 2.31. The molecule has 0 saturated carbocycles. The van der Waals surface area contributed by atoms with Gasteiger partial charge in [-0.1, -0.05) is 75.5 Å². The molecular weight excluding hydrogens is 595 g/mol. The van der Waals surface area contributed by atoms with E-state index in [-0.39, 0.29) is 24.4 Å². The van der Waals surface area contributed by atoms with Gasteiger partial charge in [0.2, 0.25) is 0 Å². The molecule has 0 bridgehead atoms. The Morgan fingerprint density at radius 2 is 1.22 bits per heavy atom. The summed E-state index contributed by atoms with van der Waals surface area (Å²) in [6.45, 7) is 11.2. The van der Waals surface area contributed by atoms with Crippen LogP contribution in [0.15, 0.2) is 122 Å². The van der Waals surface area contributed by atoms with Crippen molar-refractivity contribution in [3.05, 3.63) is 145 Å². The second kappa shape index (κ2) is 14.6. The number of benzene rings is 4. The lowest BCUT2D eigenvalue weighted by molar-refractivity contribution is -0.274. The summed E-state index contributed by atoms with van der Waals surface area (Å²) in [6.07, 6.45) is -1.92. The maximum Gasteiger partial charge on any atom is 0.573 e. The molecule has 0 spiro atoms. The number of nitrogens with zero attached hydrogens (tertiary/aromatic N) is 1. The zero-order chi connectivity index (χ0) is 33.3. The predicted octanol–water partition coefficient (Wildman–Crippen LogP) is 9.03. The van der Waals surface area contributed by atoms with Gasteiger partial charge in [0, 0.05) is 29.2 Å². The Balaban J connectivity index is 1.61. The molecule has 0 N–H and O–H groups in total. The Hall–Kier alpha value is -5.31. The fraction of sp³-hybridized carbons (Fsp3) is 0.189. The van der Waals surface area contributed by atoms with Gasteiger partial charge in [-0.3, -0.25) is 0 Å². The fourth-order valence-corrected chi connectivity index (χ4v) is 4.88. The molecule has 0 unspecified atom stereocenters. The molecule has 4 rings (SSSR count). The van der Waals surface area contributed by atoms with Gasteiger partial charge in [-0.15, -0.1) is 13.2 Å². The molecule has 0 fully saturated rings. The summed E-state index contributed by atoms with van der Waals surface area (Å²) in [5.74, 6) is -1.28. The quantitative estimate of drug-likeness (QED) is 0.109. The van der Waals surface area contributed by atoms with Crippen LogP contribution in [0.1, 0.15) is 36.1 Å². The number of esters is 2. The number of carbonyl (C=O) groups is 2. The van der Waals surface area contributed by atoms with E-state index in [9.17, 15) is 22.8 Å². The van der Waals surface area contributed by atoms with Crippen LogP contribution in [-0.2, 0) is 44.1 Å². The van der Waals surface area contributed by atoms with Gasteiger partial charge in [0.05, 0.1) is 0 Å².